The van der Waals surface area contributed by atoms with Gasteiger partial charge in [-0.05, 0) is 32.2 Å². The molecular weight excluding hydrogens is 574 g/mol. The van der Waals surface area contributed by atoms with Gasteiger partial charge in [0, 0.05) is 39.1 Å². The van der Waals surface area contributed by atoms with Crippen LogP contribution in [-0.2, 0) is 33.6 Å². The van der Waals surface area contributed by atoms with E-state index >= 15 is 0 Å². The van der Waals surface area contributed by atoms with Crippen molar-refractivity contribution in [3.05, 3.63) is 0 Å². The van der Waals surface area contributed by atoms with Gasteiger partial charge in [-0.2, -0.15) is 0 Å². The van der Waals surface area contributed by atoms with Crippen molar-refractivity contribution in [2.75, 3.05) is 72.0 Å². The van der Waals surface area contributed by atoms with Crippen molar-refractivity contribution in [1.82, 2.24) is 36.2 Å². The molecule has 0 bridgehead atoms. The van der Waals surface area contributed by atoms with Gasteiger partial charge in [0.05, 0.1) is 38.8 Å². The molecule has 0 aromatic rings. The molecule has 0 aromatic carbocycles. The lowest BCUT2D eigenvalue weighted by atomic mass is 10.2. The number of carboxylic acid groups (broad SMARTS) is 4. The number of nitrogens with one attached hydrogen (secondary N) is 4. The maximum absolute atomic E-state index is 12.6. The first-order valence-corrected chi connectivity index (χ1v) is 14.0. The number of carboxylic acids is 4. The van der Waals surface area contributed by atoms with Crippen LogP contribution < -0.4 is 21.5 Å². The molecule has 18 heteroatoms. The third-order valence-electron chi connectivity index (χ3n) is 6.37. The van der Waals surface area contributed by atoms with E-state index in [1.54, 1.807) is 4.90 Å². The SMILES string of the molecule is O=C(O)CN(CCN(CCN(CC(=O)O)CC(=O)O)CC(=O)NCCCCCC(=O)NNC(=O)[C@@H]1CCCN1)CC(=O)O. The molecule has 8 N–H and O–H groups in total. The summed E-state index contributed by atoms with van der Waals surface area (Å²) < 4.78 is 0. The fourth-order valence-corrected chi connectivity index (χ4v) is 4.29. The number of rotatable bonds is 23. The minimum absolute atomic E-state index is 0.0244. The third-order valence-corrected chi connectivity index (χ3v) is 6.37. The Hall–Kier alpha value is -3.87. The van der Waals surface area contributed by atoms with E-state index in [4.69, 9.17) is 20.4 Å². The van der Waals surface area contributed by atoms with E-state index < -0.39 is 56.0 Å². The Kier molecular flexibility index (Phi) is 18.1. The number of hydrogen-bond donors (Lipinski definition) is 8. The summed E-state index contributed by atoms with van der Waals surface area (Å²) in [5.41, 5.74) is 4.78. The normalized spacial score (nSPS) is 14.5. The summed E-state index contributed by atoms with van der Waals surface area (Å²) in [6.07, 6.45) is 3.51. The third kappa shape index (κ3) is 19.0. The van der Waals surface area contributed by atoms with Gasteiger partial charge in [-0.1, -0.05) is 6.42 Å². The highest BCUT2D eigenvalue weighted by molar-refractivity contribution is 5.85. The molecule has 1 aliphatic heterocycles. The van der Waals surface area contributed by atoms with E-state index in [0.717, 1.165) is 22.8 Å². The van der Waals surface area contributed by atoms with Gasteiger partial charge in [0.2, 0.25) is 11.8 Å². The van der Waals surface area contributed by atoms with Gasteiger partial charge in [0.1, 0.15) is 0 Å². The fraction of sp³-hybridized carbons (Fsp3) is 0.720. The number of nitrogens with zero attached hydrogens (tertiary/aromatic N) is 3. The predicted octanol–water partition coefficient (Wildman–Crippen LogP) is -3.19. The average molecular weight is 618 g/mol. The first-order valence-electron chi connectivity index (χ1n) is 14.0. The van der Waals surface area contributed by atoms with Crippen LogP contribution in [-0.4, -0.2) is 155 Å². The first kappa shape index (κ1) is 37.2. The number of carbonyl (C=O) groups is 7. The average Bonchev–Trinajstić information content (AvgIpc) is 3.44. The lowest BCUT2D eigenvalue weighted by Crippen LogP contribution is -2.49. The van der Waals surface area contributed by atoms with E-state index in [1.807, 2.05) is 0 Å². The summed E-state index contributed by atoms with van der Waals surface area (Å²) in [6.45, 7) is -1.22. The quantitative estimate of drug-likeness (QED) is 0.0415. The van der Waals surface area contributed by atoms with Crippen LogP contribution in [0.3, 0.4) is 0 Å². The smallest absolute Gasteiger partial charge is 0.317 e. The van der Waals surface area contributed by atoms with Crippen LogP contribution in [0, 0.1) is 0 Å². The van der Waals surface area contributed by atoms with E-state index in [9.17, 15) is 33.6 Å². The van der Waals surface area contributed by atoms with Crippen molar-refractivity contribution >= 4 is 41.6 Å². The number of hydrogen-bond acceptors (Lipinski definition) is 11. The van der Waals surface area contributed by atoms with Gasteiger partial charge in [-0.25, -0.2) is 0 Å². The van der Waals surface area contributed by atoms with E-state index in [-0.39, 0.29) is 57.0 Å². The summed E-state index contributed by atoms with van der Waals surface area (Å²) in [5, 5.41) is 42.0. The molecule has 1 fully saturated rings. The Morgan fingerprint density at radius 2 is 1.14 bits per heavy atom. The predicted molar refractivity (Wildman–Crippen MR) is 149 cm³/mol. The zero-order valence-corrected chi connectivity index (χ0v) is 24.1. The summed E-state index contributed by atoms with van der Waals surface area (Å²) in [4.78, 5) is 84.7. The number of unbranched alkanes of at least 4 members (excludes halogenated alkanes) is 2. The fourth-order valence-electron chi connectivity index (χ4n) is 4.29. The highest BCUT2D eigenvalue weighted by Gasteiger charge is 2.22. The Morgan fingerprint density at radius 3 is 1.60 bits per heavy atom. The monoisotopic (exact) mass is 617 g/mol. The molecule has 1 rings (SSSR count). The van der Waals surface area contributed by atoms with Crippen LogP contribution in [0.1, 0.15) is 38.5 Å². The van der Waals surface area contributed by atoms with Crippen molar-refractivity contribution in [2.24, 2.45) is 0 Å². The van der Waals surface area contributed by atoms with Crippen LogP contribution in [0.25, 0.3) is 0 Å². The van der Waals surface area contributed by atoms with Crippen molar-refractivity contribution in [3.63, 3.8) is 0 Å². The number of carbonyl (C=O) groups excluding carboxylic acids is 3. The van der Waals surface area contributed by atoms with Crippen molar-refractivity contribution in [1.29, 1.82) is 0 Å². The highest BCUT2D eigenvalue weighted by Crippen LogP contribution is 2.04. The van der Waals surface area contributed by atoms with E-state index in [0.29, 0.717) is 32.2 Å². The van der Waals surface area contributed by atoms with Gasteiger partial charge in [-0.15, -0.1) is 0 Å². The molecule has 3 amide bonds. The molecule has 43 heavy (non-hydrogen) atoms. The van der Waals surface area contributed by atoms with Crippen molar-refractivity contribution < 1.29 is 54.0 Å². The summed E-state index contributed by atoms with van der Waals surface area (Å²) in [6, 6.07) is -0.304. The minimum atomic E-state index is -1.23. The Labute approximate surface area is 248 Å². The molecule has 0 spiro atoms. The minimum Gasteiger partial charge on any atom is -0.480 e. The Balaban J connectivity index is 2.51. The molecule has 1 heterocycles. The molecule has 0 aliphatic carbocycles. The maximum atomic E-state index is 12.6. The lowest BCUT2D eigenvalue weighted by molar-refractivity contribution is -0.143. The molecule has 1 saturated heterocycles. The van der Waals surface area contributed by atoms with Crippen LogP contribution >= 0.6 is 0 Å². The second kappa shape index (κ2) is 20.9. The molecular formula is C25H43N7O11. The summed E-state index contributed by atoms with van der Waals surface area (Å²) >= 11 is 0. The standard InChI is InChI=1S/C25H43N7O11/c33-19(28-29-25(43)18-5-4-8-26-18)6-2-1-3-7-27-20(34)13-30(9-11-31(14-21(35)36)15-22(37)38)10-12-32(16-23(39)40)17-24(41)42/h18,26H,1-17H2,(H,27,34)(H,28,33)(H,29,43)(H,35,36)(H,37,38)(H,39,40)(H,41,42)/t18-/m0/s1. The lowest BCUT2D eigenvalue weighted by Gasteiger charge is -2.28. The highest BCUT2D eigenvalue weighted by atomic mass is 16.4. The van der Waals surface area contributed by atoms with Crippen LogP contribution in [0.2, 0.25) is 0 Å². The topological polar surface area (TPSA) is 258 Å². The van der Waals surface area contributed by atoms with E-state index in [1.165, 1.54) is 0 Å². The molecule has 1 atom stereocenters. The number of amides is 3. The zero-order chi connectivity index (χ0) is 32.2. The molecule has 0 radical (unpaired) electrons. The Bertz CT molecular complexity index is 888. The van der Waals surface area contributed by atoms with Gasteiger partial charge < -0.3 is 31.1 Å². The Morgan fingerprint density at radius 1 is 0.628 bits per heavy atom. The molecule has 0 unspecified atom stereocenters. The van der Waals surface area contributed by atoms with Gasteiger partial charge in [0.25, 0.3) is 5.91 Å². The number of hydrazine groups is 1. The first-order chi connectivity index (χ1) is 20.3. The molecule has 0 aromatic heterocycles. The molecule has 1 aliphatic rings. The van der Waals surface area contributed by atoms with E-state index in [2.05, 4.69) is 21.5 Å². The van der Waals surface area contributed by atoms with Gasteiger partial charge in [0.15, 0.2) is 0 Å². The van der Waals surface area contributed by atoms with Gasteiger partial charge >= 0.3 is 23.9 Å². The van der Waals surface area contributed by atoms with Crippen molar-refractivity contribution in [2.45, 2.75) is 44.6 Å². The largest absolute Gasteiger partial charge is 0.480 e. The van der Waals surface area contributed by atoms with Crippen LogP contribution in [0.5, 0.6) is 0 Å². The van der Waals surface area contributed by atoms with Crippen molar-refractivity contribution in [3.8, 4) is 0 Å². The second-order valence-electron chi connectivity index (χ2n) is 10.1. The number of aliphatic carboxylic acids is 4. The molecule has 244 valence electrons. The second-order valence-corrected chi connectivity index (χ2v) is 10.1. The van der Waals surface area contributed by atoms with Crippen LogP contribution in [0.4, 0.5) is 0 Å². The summed E-state index contributed by atoms with van der Waals surface area (Å²) in [5.74, 6) is -5.94. The van der Waals surface area contributed by atoms with Gasteiger partial charge in [-0.3, -0.25) is 59.1 Å². The molecule has 18 nitrogen and oxygen atoms in total. The molecule has 0 saturated carbocycles. The van der Waals surface area contributed by atoms with Crippen LogP contribution in [0.15, 0.2) is 0 Å². The maximum Gasteiger partial charge on any atom is 0.317 e. The zero-order valence-electron chi connectivity index (χ0n) is 24.1. The summed E-state index contributed by atoms with van der Waals surface area (Å²) in [7, 11) is 0.